The fourth-order valence-corrected chi connectivity index (χ4v) is 3.71. The SMILES string of the molecule is CCNS(=O)(=O)c1ccc(F)c(C(=O)NC(C)c2nc3ccccc3[nH]2)c1. The Morgan fingerprint density at radius 2 is 2.00 bits per heavy atom. The lowest BCUT2D eigenvalue weighted by atomic mass is 10.2. The highest BCUT2D eigenvalue weighted by Crippen LogP contribution is 2.18. The highest BCUT2D eigenvalue weighted by atomic mass is 32.2. The highest BCUT2D eigenvalue weighted by Gasteiger charge is 2.21. The normalized spacial score (nSPS) is 12.9. The van der Waals surface area contributed by atoms with Crippen LogP contribution in [0.5, 0.6) is 0 Å². The lowest BCUT2D eigenvalue weighted by Crippen LogP contribution is -2.29. The second kappa shape index (κ2) is 7.45. The number of nitrogens with zero attached hydrogens (tertiary/aromatic N) is 1. The molecule has 0 aliphatic rings. The van der Waals surface area contributed by atoms with Crippen LogP contribution >= 0.6 is 0 Å². The van der Waals surface area contributed by atoms with Crippen molar-refractivity contribution in [3.8, 4) is 0 Å². The van der Waals surface area contributed by atoms with Gasteiger partial charge in [-0.25, -0.2) is 22.5 Å². The molecule has 1 unspecified atom stereocenters. The lowest BCUT2D eigenvalue weighted by Gasteiger charge is -2.13. The largest absolute Gasteiger partial charge is 0.342 e. The third-order valence-corrected chi connectivity index (χ3v) is 5.54. The van der Waals surface area contributed by atoms with Crippen LogP contribution in [-0.4, -0.2) is 30.8 Å². The molecule has 0 saturated carbocycles. The first kappa shape index (κ1) is 19.0. The van der Waals surface area contributed by atoms with Gasteiger partial charge in [-0.2, -0.15) is 0 Å². The van der Waals surface area contributed by atoms with Crippen molar-refractivity contribution < 1.29 is 17.6 Å². The van der Waals surface area contributed by atoms with Crippen molar-refractivity contribution in [1.29, 1.82) is 0 Å². The zero-order chi connectivity index (χ0) is 19.6. The van der Waals surface area contributed by atoms with Gasteiger partial charge in [0.25, 0.3) is 5.91 Å². The number of para-hydroxylation sites is 2. The third-order valence-electron chi connectivity index (χ3n) is 3.99. The number of hydrogen-bond donors (Lipinski definition) is 3. The average molecular weight is 390 g/mol. The zero-order valence-corrected chi connectivity index (χ0v) is 15.6. The molecule has 0 spiro atoms. The molecule has 2 aromatic carbocycles. The van der Waals surface area contributed by atoms with E-state index in [-0.39, 0.29) is 17.0 Å². The molecular formula is C18H19FN4O3S. The fourth-order valence-electron chi connectivity index (χ4n) is 2.64. The molecule has 3 N–H and O–H groups in total. The van der Waals surface area contributed by atoms with Gasteiger partial charge in [-0.3, -0.25) is 4.79 Å². The number of H-pyrrole nitrogens is 1. The molecule has 142 valence electrons. The summed E-state index contributed by atoms with van der Waals surface area (Å²) in [7, 11) is -3.80. The summed E-state index contributed by atoms with van der Waals surface area (Å²) in [5, 5.41) is 2.64. The standard InChI is InChI=1S/C18H19FN4O3S/c1-3-20-27(25,26)12-8-9-14(19)13(10-12)18(24)21-11(2)17-22-15-6-4-5-7-16(15)23-17/h4-11,20H,3H2,1-2H3,(H,21,24)(H,22,23). The summed E-state index contributed by atoms with van der Waals surface area (Å²) in [6, 6.07) is 9.97. The number of nitrogens with one attached hydrogen (secondary N) is 3. The van der Waals surface area contributed by atoms with Gasteiger partial charge in [-0.05, 0) is 37.3 Å². The number of sulfonamides is 1. The van der Waals surface area contributed by atoms with Gasteiger partial charge in [-0.1, -0.05) is 19.1 Å². The number of aromatic nitrogens is 2. The summed E-state index contributed by atoms with van der Waals surface area (Å²) in [5.74, 6) is -1.02. The van der Waals surface area contributed by atoms with E-state index in [9.17, 15) is 17.6 Å². The van der Waals surface area contributed by atoms with E-state index < -0.39 is 27.8 Å². The quantitative estimate of drug-likeness (QED) is 0.601. The Morgan fingerprint density at radius 3 is 2.70 bits per heavy atom. The Balaban J connectivity index is 1.85. The van der Waals surface area contributed by atoms with Crippen molar-refractivity contribution in [2.45, 2.75) is 24.8 Å². The predicted octanol–water partition coefficient (Wildman–Crippen LogP) is 2.49. The first-order valence-corrected chi connectivity index (χ1v) is 9.85. The van der Waals surface area contributed by atoms with Gasteiger partial charge < -0.3 is 10.3 Å². The number of carbonyl (C=O) groups is 1. The summed E-state index contributed by atoms with van der Waals surface area (Å²) in [6.45, 7) is 3.51. The first-order chi connectivity index (χ1) is 12.8. The van der Waals surface area contributed by atoms with E-state index in [1.54, 1.807) is 13.8 Å². The van der Waals surface area contributed by atoms with E-state index >= 15 is 0 Å². The summed E-state index contributed by atoms with van der Waals surface area (Å²) in [4.78, 5) is 19.8. The molecular weight excluding hydrogens is 371 g/mol. The second-order valence-electron chi connectivity index (χ2n) is 5.98. The Bertz CT molecular complexity index is 1060. The summed E-state index contributed by atoms with van der Waals surface area (Å²) >= 11 is 0. The van der Waals surface area contributed by atoms with Crippen molar-refractivity contribution in [1.82, 2.24) is 20.0 Å². The summed E-state index contributed by atoms with van der Waals surface area (Å²) in [6.07, 6.45) is 0. The van der Waals surface area contributed by atoms with Gasteiger partial charge in [0.05, 0.1) is 27.5 Å². The number of amides is 1. The van der Waals surface area contributed by atoms with Crippen molar-refractivity contribution in [3.63, 3.8) is 0 Å². The topological polar surface area (TPSA) is 104 Å². The molecule has 1 aromatic heterocycles. The monoisotopic (exact) mass is 390 g/mol. The number of carbonyl (C=O) groups excluding carboxylic acids is 1. The minimum atomic E-state index is -3.80. The van der Waals surface area contributed by atoms with E-state index in [0.29, 0.717) is 5.82 Å². The van der Waals surface area contributed by atoms with Gasteiger partial charge in [0.2, 0.25) is 10.0 Å². The Kier molecular flexibility index (Phi) is 5.24. The maximum atomic E-state index is 14.1. The minimum absolute atomic E-state index is 0.174. The first-order valence-electron chi connectivity index (χ1n) is 8.36. The summed E-state index contributed by atoms with van der Waals surface area (Å²) < 4.78 is 40.6. The molecule has 27 heavy (non-hydrogen) atoms. The van der Waals surface area contributed by atoms with Gasteiger partial charge in [0, 0.05) is 6.54 Å². The van der Waals surface area contributed by atoms with Crippen LogP contribution in [0.3, 0.4) is 0 Å². The van der Waals surface area contributed by atoms with E-state index in [4.69, 9.17) is 0 Å². The molecule has 3 aromatic rings. The molecule has 9 heteroatoms. The fraction of sp³-hybridized carbons (Fsp3) is 0.222. The van der Waals surface area contributed by atoms with Crippen LogP contribution < -0.4 is 10.0 Å². The maximum Gasteiger partial charge on any atom is 0.254 e. The molecule has 0 aliphatic heterocycles. The van der Waals surface area contributed by atoms with Crippen LogP contribution in [0.4, 0.5) is 4.39 Å². The minimum Gasteiger partial charge on any atom is -0.342 e. The van der Waals surface area contributed by atoms with Crippen LogP contribution in [-0.2, 0) is 10.0 Å². The molecule has 1 atom stereocenters. The van der Waals surface area contributed by atoms with Crippen LogP contribution in [0.1, 0.15) is 36.1 Å². The number of hydrogen-bond acceptors (Lipinski definition) is 4. The van der Waals surface area contributed by atoms with Crippen LogP contribution in [0.25, 0.3) is 11.0 Å². The number of benzene rings is 2. The molecule has 1 heterocycles. The van der Waals surface area contributed by atoms with Gasteiger partial charge in [0.1, 0.15) is 11.6 Å². The molecule has 0 bridgehead atoms. The Morgan fingerprint density at radius 1 is 1.26 bits per heavy atom. The number of aromatic amines is 1. The van der Waals surface area contributed by atoms with E-state index in [0.717, 1.165) is 29.2 Å². The zero-order valence-electron chi connectivity index (χ0n) is 14.8. The van der Waals surface area contributed by atoms with Crippen molar-refractivity contribution in [2.24, 2.45) is 0 Å². The van der Waals surface area contributed by atoms with Crippen LogP contribution in [0, 0.1) is 5.82 Å². The smallest absolute Gasteiger partial charge is 0.254 e. The predicted molar refractivity (Wildman–Crippen MR) is 99.2 cm³/mol. The number of rotatable bonds is 6. The lowest BCUT2D eigenvalue weighted by molar-refractivity contribution is 0.0934. The molecule has 0 radical (unpaired) electrons. The summed E-state index contributed by atoms with van der Waals surface area (Å²) in [5.41, 5.74) is 1.22. The van der Waals surface area contributed by atoms with Gasteiger partial charge in [0.15, 0.2) is 0 Å². The number of halogens is 1. The molecule has 0 saturated heterocycles. The Labute approximate surface area is 156 Å². The average Bonchev–Trinajstić information content (AvgIpc) is 3.06. The molecule has 0 aliphatic carbocycles. The molecule has 1 amide bonds. The van der Waals surface area contributed by atoms with E-state index in [2.05, 4.69) is 20.0 Å². The Hall–Kier alpha value is -2.78. The second-order valence-corrected chi connectivity index (χ2v) is 7.74. The van der Waals surface area contributed by atoms with E-state index in [1.807, 2.05) is 24.3 Å². The van der Waals surface area contributed by atoms with Gasteiger partial charge in [-0.15, -0.1) is 0 Å². The van der Waals surface area contributed by atoms with Crippen molar-refractivity contribution in [3.05, 3.63) is 59.7 Å². The molecule has 0 fully saturated rings. The van der Waals surface area contributed by atoms with Crippen LogP contribution in [0.15, 0.2) is 47.4 Å². The number of fused-ring (bicyclic) bond motifs is 1. The maximum absolute atomic E-state index is 14.1. The van der Waals surface area contributed by atoms with Crippen LogP contribution in [0.2, 0.25) is 0 Å². The highest BCUT2D eigenvalue weighted by molar-refractivity contribution is 7.89. The van der Waals surface area contributed by atoms with Crippen molar-refractivity contribution in [2.75, 3.05) is 6.54 Å². The molecule has 3 rings (SSSR count). The van der Waals surface area contributed by atoms with Crippen molar-refractivity contribution >= 4 is 27.0 Å². The number of imidazole rings is 1. The van der Waals surface area contributed by atoms with E-state index in [1.165, 1.54) is 0 Å². The molecule has 7 nitrogen and oxygen atoms in total. The van der Waals surface area contributed by atoms with Gasteiger partial charge >= 0.3 is 0 Å². The third kappa shape index (κ3) is 3.99.